The van der Waals surface area contributed by atoms with Crippen LogP contribution in [0.25, 0.3) is 0 Å². The van der Waals surface area contributed by atoms with Crippen LogP contribution in [0.4, 0.5) is 0 Å². The molecule has 1 rings (SSSR count). The van der Waals surface area contributed by atoms with Crippen molar-refractivity contribution in [3.05, 3.63) is 0 Å². The van der Waals surface area contributed by atoms with Gasteiger partial charge >= 0.3 is 5.97 Å². The van der Waals surface area contributed by atoms with Crippen molar-refractivity contribution in [2.24, 2.45) is 5.41 Å². The molecule has 1 saturated carbocycles. The van der Waals surface area contributed by atoms with Crippen molar-refractivity contribution in [1.82, 2.24) is 4.72 Å². The zero-order valence-electron chi connectivity index (χ0n) is 11.3. The summed E-state index contributed by atoms with van der Waals surface area (Å²) in [6.07, 6.45) is 3.24. The molecule has 0 aromatic rings. The van der Waals surface area contributed by atoms with Crippen molar-refractivity contribution in [2.75, 3.05) is 5.75 Å². The molecule has 0 aliphatic heterocycles. The highest BCUT2D eigenvalue weighted by atomic mass is 32.2. The Kier molecular flexibility index (Phi) is 4.43. The number of aliphatic carboxylic acids is 1. The zero-order valence-corrected chi connectivity index (χ0v) is 12.1. The van der Waals surface area contributed by atoms with Gasteiger partial charge in [0.05, 0.1) is 5.75 Å². The molecule has 0 saturated heterocycles. The molecule has 0 unspecified atom stereocenters. The third-order valence-corrected chi connectivity index (χ3v) is 5.04. The van der Waals surface area contributed by atoms with Crippen LogP contribution < -0.4 is 4.72 Å². The molecule has 1 aliphatic rings. The monoisotopic (exact) mass is 277 g/mol. The standard InChI is InChI=1S/C12H23NO4S/c1-11(2,3)9-18(16,17)13-12(10(14)15)7-5-4-6-8-12/h13H,4-9H2,1-3H3,(H,14,15). The van der Waals surface area contributed by atoms with Gasteiger partial charge in [-0.1, -0.05) is 40.0 Å². The third kappa shape index (κ3) is 4.24. The van der Waals surface area contributed by atoms with E-state index in [4.69, 9.17) is 0 Å². The fourth-order valence-electron chi connectivity index (χ4n) is 2.42. The van der Waals surface area contributed by atoms with Crippen LogP contribution in [-0.2, 0) is 14.8 Å². The Hall–Kier alpha value is -0.620. The second-order valence-corrected chi connectivity index (χ2v) is 8.09. The zero-order chi connectivity index (χ0) is 14.0. The van der Waals surface area contributed by atoms with E-state index in [0.717, 1.165) is 19.3 Å². The first-order valence-electron chi connectivity index (χ1n) is 6.31. The molecule has 0 bridgehead atoms. The maximum absolute atomic E-state index is 12.0. The molecule has 0 radical (unpaired) electrons. The first kappa shape index (κ1) is 15.4. The topological polar surface area (TPSA) is 83.5 Å². The summed E-state index contributed by atoms with van der Waals surface area (Å²) in [4.78, 5) is 11.4. The van der Waals surface area contributed by atoms with Gasteiger partial charge in [0.15, 0.2) is 0 Å². The largest absolute Gasteiger partial charge is 0.480 e. The predicted molar refractivity (Wildman–Crippen MR) is 69.8 cm³/mol. The molecule has 0 aromatic heterocycles. The van der Waals surface area contributed by atoms with Crippen LogP contribution in [0.3, 0.4) is 0 Å². The SMILES string of the molecule is CC(C)(C)CS(=O)(=O)NC1(C(=O)O)CCCCC1. The molecule has 1 fully saturated rings. The van der Waals surface area contributed by atoms with Crippen LogP contribution in [0.5, 0.6) is 0 Å². The van der Waals surface area contributed by atoms with Crippen molar-refractivity contribution in [2.45, 2.75) is 58.4 Å². The van der Waals surface area contributed by atoms with E-state index in [1.807, 2.05) is 20.8 Å². The number of hydrogen-bond donors (Lipinski definition) is 2. The summed E-state index contributed by atoms with van der Waals surface area (Å²) in [6.45, 7) is 5.46. The lowest BCUT2D eigenvalue weighted by Crippen LogP contribution is -2.56. The van der Waals surface area contributed by atoms with E-state index in [0.29, 0.717) is 12.8 Å². The lowest BCUT2D eigenvalue weighted by atomic mass is 9.83. The summed E-state index contributed by atoms with van der Waals surface area (Å²) >= 11 is 0. The number of carbonyl (C=O) groups is 1. The Morgan fingerprint density at radius 1 is 1.22 bits per heavy atom. The Labute approximate surface area is 109 Å². The summed E-state index contributed by atoms with van der Waals surface area (Å²) in [5.74, 6) is -1.12. The van der Waals surface area contributed by atoms with Gasteiger partial charge < -0.3 is 5.11 Å². The highest BCUT2D eigenvalue weighted by molar-refractivity contribution is 7.89. The van der Waals surface area contributed by atoms with Crippen molar-refractivity contribution >= 4 is 16.0 Å². The molecule has 0 amide bonds. The average Bonchev–Trinajstić information content (AvgIpc) is 2.13. The summed E-state index contributed by atoms with van der Waals surface area (Å²) in [6, 6.07) is 0. The number of rotatable bonds is 4. The maximum atomic E-state index is 12.0. The Morgan fingerprint density at radius 3 is 2.11 bits per heavy atom. The first-order chi connectivity index (χ1) is 8.06. The van der Waals surface area contributed by atoms with Gasteiger partial charge in [-0.05, 0) is 18.3 Å². The van der Waals surface area contributed by atoms with Gasteiger partial charge in [0.1, 0.15) is 5.54 Å². The minimum absolute atomic E-state index is 0.0605. The average molecular weight is 277 g/mol. The molecule has 0 atom stereocenters. The number of carboxylic acids is 1. The number of nitrogens with one attached hydrogen (secondary N) is 1. The van der Waals surface area contributed by atoms with E-state index in [2.05, 4.69) is 4.72 Å². The predicted octanol–water partition coefficient (Wildman–Crippen LogP) is 1.74. The Bertz CT molecular complexity index is 402. The van der Waals surface area contributed by atoms with Crippen LogP contribution in [0.1, 0.15) is 52.9 Å². The maximum Gasteiger partial charge on any atom is 0.324 e. The normalized spacial score (nSPS) is 20.6. The highest BCUT2D eigenvalue weighted by Crippen LogP contribution is 2.30. The first-order valence-corrected chi connectivity index (χ1v) is 7.97. The van der Waals surface area contributed by atoms with E-state index >= 15 is 0 Å². The van der Waals surface area contributed by atoms with E-state index in [-0.39, 0.29) is 11.2 Å². The minimum Gasteiger partial charge on any atom is -0.480 e. The van der Waals surface area contributed by atoms with Gasteiger partial charge in [0.25, 0.3) is 0 Å². The van der Waals surface area contributed by atoms with Gasteiger partial charge in [-0.2, -0.15) is 4.72 Å². The molecule has 0 aromatic carbocycles. The second-order valence-electron chi connectivity index (χ2n) is 6.37. The van der Waals surface area contributed by atoms with E-state index in [1.165, 1.54) is 0 Å². The molecule has 0 spiro atoms. The van der Waals surface area contributed by atoms with Crippen molar-refractivity contribution in [3.63, 3.8) is 0 Å². The highest BCUT2D eigenvalue weighted by Gasteiger charge is 2.43. The molecular formula is C12H23NO4S. The van der Waals surface area contributed by atoms with Gasteiger partial charge in [-0.25, -0.2) is 8.42 Å². The molecule has 18 heavy (non-hydrogen) atoms. The summed E-state index contributed by atoms with van der Waals surface area (Å²) in [5.41, 5.74) is -1.68. The van der Waals surface area contributed by atoms with Crippen LogP contribution in [0.15, 0.2) is 0 Å². The van der Waals surface area contributed by atoms with Crippen LogP contribution in [-0.4, -0.2) is 30.8 Å². The summed E-state index contributed by atoms with van der Waals surface area (Å²) in [7, 11) is -3.57. The molecule has 6 heteroatoms. The van der Waals surface area contributed by atoms with Crippen LogP contribution in [0.2, 0.25) is 0 Å². The molecular weight excluding hydrogens is 254 g/mol. The Morgan fingerprint density at radius 2 is 1.72 bits per heavy atom. The molecule has 2 N–H and O–H groups in total. The minimum atomic E-state index is -3.57. The molecule has 5 nitrogen and oxygen atoms in total. The number of sulfonamides is 1. The quantitative estimate of drug-likeness (QED) is 0.820. The molecule has 1 aliphatic carbocycles. The van der Waals surface area contributed by atoms with E-state index < -0.39 is 21.5 Å². The van der Waals surface area contributed by atoms with Gasteiger partial charge in [-0.15, -0.1) is 0 Å². The van der Waals surface area contributed by atoms with Crippen molar-refractivity contribution < 1.29 is 18.3 Å². The van der Waals surface area contributed by atoms with Crippen LogP contribution in [0, 0.1) is 5.41 Å². The molecule has 0 heterocycles. The van der Waals surface area contributed by atoms with Crippen molar-refractivity contribution in [3.8, 4) is 0 Å². The van der Waals surface area contributed by atoms with Crippen molar-refractivity contribution in [1.29, 1.82) is 0 Å². The van der Waals surface area contributed by atoms with E-state index in [9.17, 15) is 18.3 Å². The third-order valence-electron chi connectivity index (χ3n) is 3.09. The van der Waals surface area contributed by atoms with Crippen LogP contribution >= 0.6 is 0 Å². The Balaban J connectivity index is 2.87. The summed E-state index contributed by atoms with van der Waals surface area (Å²) in [5, 5.41) is 9.32. The smallest absolute Gasteiger partial charge is 0.324 e. The van der Waals surface area contributed by atoms with Gasteiger partial charge in [0.2, 0.25) is 10.0 Å². The summed E-state index contributed by atoms with van der Waals surface area (Å²) < 4.78 is 26.5. The number of carboxylic acid groups (broad SMARTS) is 1. The fraction of sp³-hybridized carbons (Fsp3) is 0.917. The number of hydrogen-bond acceptors (Lipinski definition) is 3. The van der Waals surface area contributed by atoms with Gasteiger partial charge in [-0.3, -0.25) is 4.79 Å². The van der Waals surface area contributed by atoms with Gasteiger partial charge in [0, 0.05) is 0 Å². The van der Waals surface area contributed by atoms with E-state index in [1.54, 1.807) is 0 Å². The second kappa shape index (κ2) is 5.17. The fourth-order valence-corrected chi connectivity index (χ4v) is 4.52. The lowest BCUT2D eigenvalue weighted by Gasteiger charge is -2.34. The molecule has 106 valence electrons. The lowest BCUT2D eigenvalue weighted by molar-refractivity contribution is -0.145.